The number of hydrogen-bond donors (Lipinski definition) is 1. The molecule has 3 aromatic rings. The molecule has 9 heteroatoms. The Labute approximate surface area is 200 Å². The van der Waals surface area contributed by atoms with E-state index < -0.39 is 43.3 Å². The number of ether oxygens (including phenoxy) is 2. The number of halogens is 3. The number of carbonyl (C=O) groups excluding carboxylic acids is 1. The van der Waals surface area contributed by atoms with E-state index in [1.807, 2.05) is 48.5 Å². The van der Waals surface area contributed by atoms with Gasteiger partial charge in [-0.1, -0.05) is 0 Å². The number of carboxylic acid groups (broad SMARTS) is 1. The second-order valence-electron chi connectivity index (χ2n) is 7.76. The summed E-state index contributed by atoms with van der Waals surface area (Å²) >= 11 is -1.69. The van der Waals surface area contributed by atoms with Crippen molar-refractivity contribution in [3.05, 3.63) is 89.5 Å². The van der Waals surface area contributed by atoms with Crippen molar-refractivity contribution in [1.82, 2.24) is 0 Å². The molecule has 2 atom stereocenters. The molecule has 34 heavy (non-hydrogen) atoms. The fourth-order valence-corrected chi connectivity index (χ4v) is 5.96. The van der Waals surface area contributed by atoms with Gasteiger partial charge in [0.1, 0.15) is 0 Å². The number of carboxylic acids is 1. The predicted octanol–water partition coefficient (Wildman–Crippen LogP) is 5.39. The summed E-state index contributed by atoms with van der Waals surface area (Å²) in [4.78, 5) is 24.3. The van der Waals surface area contributed by atoms with Crippen molar-refractivity contribution in [2.75, 3.05) is 6.61 Å². The molecule has 1 aliphatic carbocycles. The Bertz CT molecular complexity index is 1150. The molecule has 0 saturated carbocycles. The summed E-state index contributed by atoms with van der Waals surface area (Å²) in [6, 6.07) is 20.8. The van der Waals surface area contributed by atoms with Crippen LogP contribution in [0.3, 0.4) is 0 Å². The van der Waals surface area contributed by atoms with Gasteiger partial charge in [0.25, 0.3) is 0 Å². The Kier molecular flexibility index (Phi) is 6.98. The number of alkyl halides is 3. The van der Waals surface area contributed by atoms with Gasteiger partial charge in [-0.05, 0) is 0 Å². The van der Waals surface area contributed by atoms with E-state index in [4.69, 9.17) is 4.74 Å². The van der Waals surface area contributed by atoms with Crippen LogP contribution in [0.2, 0.25) is 4.71 Å². The third kappa shape index (κ3) is 5.62. The van der Waals surface area contributed by atoms with E-state index >= 15 is 0 Å². The first kappa shape index (κ1) is 23.9. The fourth-order valence-electron chi connectivity index (χ4n) is 4.05. The van der Waals surface area contributed by atoms with Gasteiger partial charge < -0.3 is 0 Å². The zero-order valence-corrected chi connectivity index (χ0v) is 19.8. The van der Waals surface area contributed by atoms with Crippen molar-refractivity contribution in [3.63, 3.8) is 0 Å². The average molecular weight is 532 g/mol. The average Bonchev–Trinajstić information content (AvgIpc) is 3.11. The van der Waals surface area contributed by atoms with Gasteiger partial charge in [0.05, 0.1) is 0 Å². The normalized spacial score (nSPS) is 14.0. The molecule has 0 spiro atoms. The zero-order valence-electron chi connectivity index (χ0n) is 17.7. The maximum atomic E-state index is 12.6. The minimum absolute atomic E-state index is 0.0197. The van der Waals surface area contributed by atoms with E-state index in [-0.39, 0.29) is 18.9 Å². The van der Waals surface area contributed by atoms with Crippen molar-refractivity contribution in [2.45, 2.75) is 23.4 Å². The number of benzene rings is 3. The standard InChI is InChI=1S/C25H20AsF3O5/c27-25(28,29)34-16-11-9-15(10-12-16)13-22(23(30)31)26-24(32)33-14-21-19-7-3-1-5-17(19)18-6-2-4-8-20(18)21/h1-12,21-22,26H,13-14H2,(H,30,31)/t22-/m0/s1. The van der Waals surface area contributed by atoms with Crippen LogP contribution in [-0.2, 0) is 16.0 Å². The number of fused-ring (bicyclic) bond motifs is 3. The van der Waals surface area contributed by atoms with E-state index in [2.05, 4.69) is 4.74 Å². The molecule has 0 fully saturated rings. The third-order valence-corrected chi connectivity index (χ3v) is 8.01. The topological polar surface area (TPSA) is 72.8 Å². The number of carbonyl (C=O) groups is 2. The molecule has 0 bridgehead atoms. The summed E-state index contributed by atoms with van der Waals surface area (Å²) in [5, 5.41) is 9.58. The summed E-state index contributed by atoms with van der Waals surface area (Å²) in [5.74, 6) is -1.65. The molecule has 0 aromatic heterocycles. The van der Waals surface area contributed by atoms with Gasteiger partial charge in [0, 0.05) is 0 Å². The molecule has 176 valence electrons. The molecule has 0 heterocycles. The number of rotatable bonds is 8. The van der Waals surface area contributed by atoms with Crippen LogP contribution in [0.1, 0.15) is 22.6 Å². The third-order valence-electron chi connectivity index (χ3n) is 5.53. The Morgan fingerprint density at radius 3 is 2.00 bits per heavy atom. The Hall–Kier alpha value is -3.25. The van der Waals surface area contributed by atoms with E-state index in [0.717, 1.165) is 34.4 Å². The van der Waals surface area contributed by atoms with E-state index in [9.17, 15) is 27.9 Å². The van der Waals surface area contributed by atoms with Crippen LogP contribution in [0, 0.1) is 0 Å². The first-order valence-corrected chi connectivity index (χ1v) is 12.7. The van der Waals surface area contributed by atoms with Crippen molar-refractivity contribution in [3.8, 4) is 16.9 Å². The fraction of sp³-hybridized carbons (Fsp3) is 0.200. The van der Waals surface area contributed by atoms with Crippen molar-refractivity contribution in [2.24, 2.45) is 0 Å². The van der Waals surface area contributed by atoms with E-state index in [1.165, 1.54) is 12.1 Å². The second kappa shape index (κ2) is 9.93. The molecule has 0 saturated heterocycles. The van der Waals surface area contributed by atoms with Gasteiger partial charge in [-0.25, -0.2) is 0 Å². The zero-order chi connectivity index (χ0) is 24.3. The molecule has 1 aliphatic rings. The van der Waals surface area contributed by atoms with Crippen LogP contribution < -0.4 is 4.74 Å². The van der Waals surface area contributed by atoms with E-state index in [1.54, 1.807) is 0 Å². The van der Waals surface area contributed by atoms with Gasteiger partial charge in [-0.2, -0.15) is 0 Å². The summed E-state index contributed by atoms with van der Waals surface area (Å²) in [7, 11) is 0. The summed E-state index contributed by atoms with van der Waals surface area (Å²) in [5.41, 5.74) is 4.81. The maximum absolute atomic E-state index is 12.6. The van der Waals surface area contributed by atoms with Gasteiger partial charge in [-0.3, -0.25) is 0 Å². The van der Waals surface area contributed by atoms with Gasteiger partial charge >= 0.3 is 200 Å². The van der Waals surface area contributed by atoms with Crippen LogP contribution in [0.5, 0.6) is 5.75 Å². The first-order chi connectivity index (χ1) is 16.2. The Morgan fingerprint density at radius 2 is 1.47 bits per heavy atom. The SMILES string of the molecule is O=C(OCC1c2ccccc2-c2ccccc21)[AsH][C@@H](Cc1ccc(OC(F)(F)F)cc1)C(=O)O. The molecule has 0 aliphatic heterocycles. The summed E-state index contributed by atoms with van der Waals surface area (Å²) in [6.07, 6.45) is -4.78. The molecule has 4 rings (SSSR count). The van der Waals surface area contributed by atoms with Crippen molar-refractivity contribution >= 4 is 26.5 Å². The molecule has 5 nitrogen and oxygen atoms in total. The number of hydrogen-bond acceptors (Lipinski definition) is 4. The van der Waals surface area contributed by atoms with Gasteiger partial charge in [0.15, 0.2) is 0 Å². The first-order valence-electron chi connectivity index (χ1n) is 10.4. The Balaban J connectivity index is 1.38. The van der Waals surface area contributed by atoms with Crippen LogP contribution in [0.4, 0.5) is 18.0 Å². The monoisotopic (exact) mass is 532 g/mol. The molecule has 3 aromatic carbocycles. The molecule has 1 N–H and O–H groups in total. The van der Waals surface area contributed by atoms with Crippen LogP contribution in [-0.4, -0.2) is 44.6 Å². The second-order valence-corrected chi connectivity index (χ2v) is 10.7. The molecule has 0 amide bonds. The quantitative estimate of drug-likeness (QED) is 0.394. The van der Waals surface area contributed by atoms with Gasteiger partial charge in [-0.15, -0.1) is 0 Å². The van der Waals surface area contributed by atoms with Gasteiger partial charge in [0.2, 0.25) is 0 Å². The molecular formula is C25H20AsF3O5. The number of aliphatic carboxylic acids is 1. The van der Waals surface area contributed by atoms with Crippen LogP contribution in [0.15, 0.2) is 72.8 Å². The predicted molar refractivity (Wildman–Crippen MR) is 120 cm³/mol. The Morgan fingerprint density at radius 1 is 0.912 bits per heavy atom. The van der Waals surface area contributed by atoms with Crippen molar-refractivity contribution < 1.29 is 37.3 Å². The van der Waals surface area contributed by atoms with Crippen molar-refractivity contribution in [1.29, 1.82) is 0 Å². The van der Waals surface area contributed by atoms with Crippen LogP contribution in [0.25, 0.3) is 11.1 Å². The summed E-state index contributed by atoms with van der Waals surface area (Å²) < 4.78 is 44.8. The van der Waals surface area contributed by atoms with Crippen LogP contribution >= 0.6 is 0 Å². The molecule has 1 unspecified atom stereocenters. The minimum atomic E-state index is -4.80. The summed E-state index contributed by atoms with van der Waals surface area (Å²) in [6.45, 7) is 0.117. The molecular weight excluding hydrogens is 512 g/mol. The molecule has 0 radical (unpaired) electrons. The van der Waals surface area contributed by atoms with E-state index in [0.29, 0.717) is 5.56 Å².